The maximum atomic E-state index is 14.0. The van der Waals surface area contributed by atoms with Gasteiger partial charge in [0.05, 0.1) is 5.56 Å². The van der Waals surface area contributed by atoms with Crippen LogP contribution in [0.1, 0.15) is 15.9 Å². The number of rotatable bonds is 5. The van der Waals surface area contributed by atoms with Crippen molar-refractivity contribution in [1.82, 2.24) is 9.21 Å². The average Bonchev–Trinajstić information content (AvgIpc) is 3.08. The molecule has 0 radical (unpaired) electrons. The van der Waals surface area contributed by atoms with Gasteiger partial charge in [-0.15, -0.1) is 0 Å². The lowest BCUT2D eigenvalue weighted by Crippen LogP contribution is -2.48. The highest BCUT2D eigenvalue weighted by atomic mass is 32.2. The highest BCUT2D eigenvalue weighted by Gasteiger charge is 2.31. The zero-order valence-corrected chi connectivity index (χ0v) is 14.9. The van der Waals surface area contributed by atoms with Crippen LogP contribution in [0.3, 0.4) is 0 Å². The zero-order valence-electron chi connectivity index (χ0n) is 13.3. The molecule has 0 bridgehead atoms. The normalized spacial score (nSPS) is 16.8. The highest BCUT2D eigenvalue weighted by molar-refractivity contribution is 7.89. The number of carboxylic acid groups (broad SMARTS) is 1. The van der Waals surface area contributed by atoms with E-state index in [9.17, 15) is 17.6 Å². The van der Waals surface area contributed by atoms with Crippen molar-refractivity contribution in [2.75, 3.05) is 26.2 Å². The minimum atomic E-state index is -4.06. The molecule has 2 heterocycles. The Hall–Kier alpha value is -1.81. The minimum absolute atomic E-state index is 0.239. The molecule has 1 aromatic heterocycles. The van der Waals surface area contributed by atoms with Gasteiger partial charge in [-0.3, -0.25) is 4.90 Å². The molecule has 0 aliphatic carbocycles. The first-order valence-electron chi connectivity index (χ1n) is 7.64. The number of benzene rings is 1. The first-order valence-corrected chi connectivity index (χ1v) is 10.0. The second-order valence-corrected chi connectivity index (χ2v) is 8.45. The van der Waals surface area contributed by atoms with E-state index < -0.39 is 26.7 Å². The number of carboxylic acids is 1. The van der Waals surface area contributed by atoms with E-state index in [0.29, 0.717) is 13.1 Å². The molecule has 1 N–H and O–H groups in total. The van der Waals surface area contributed by atoms with Gasteiger partial charge in [-0.1, -0.05) is 0 Å². The van der Waals surface area contributed by atoms with Gasteiger partial charge >= 0.3 is 5.97 Å². The number of hydrogen-bond donors (Lipinski definition) is 1. The molecule has 9 heteroatoms. The monoisotopic (exact) mass is 384 g/mol. The third-order valence-corrected chi connectivity index (χ3v) is 6.76. The fourth-order valence-electron chi connectivity index (χ4n) is 2.74. The lowest BCUT2D eigenvalue weighted by molar-refractivity contribution is 0.0696. The van der Waals surface area contributed by atoms with Crippen LogP contribution >= 0.6 is 11.3 Å². The summed E-state index contributed by atoms with van der Waals surface area (Å²) in [5, 5.41) is 13.0. The third-order valence-electron chi connectivity index (χ3n) is 4.11. The van der Waals surface area contributed by atoms with Crippen molar-refractivity contribution in [3.05, 3.63) is 52.0 Å². The first-order chi connectivity index (χ1) is 11.9. The van der Waals surface area contributed by atoms with Crippen LogP contribution in [0, 0.1) is 5.82 Å². The van der Waals surface area contributed by atoms with Gasteiger partial charge in [0.15, 0.2) is 0 Å². The molecule has 25 heavy (non-hydrogen) atoms. The third kappa shape index (κ3) is 3.90. The fourth-order valence-corrected chi connectivity index (χ4v) is 4.91. The van der Waals surface area contributed by atoms with E-state index in [0.717, 1.165) is 24.7 Å². The number of sulfonamides is 1. The van der Waals surface area contributed by atoms with Crippen molar-refractivity contribution in [2.24, 2.45) is 0 Å². The molecule has 1 saturated heterocycles. The Balaban J connectivity index is 1.74. The molecule has 2 aromatic rings. The Morgan fingerprint density at radius 1 is 1.20 bits per heavy atom. The molecule has 1 aliphatic rings. The summed E-state index contributed by atoms with van der Waals surface area (Å²) >= 11 is 1.61. The van der Waals surface area contributed by atoms with Gasteiger partial charge < -0.3 is 5.11 Å². The molecule has 0 atom stereocenters. The van der Waals surface area contributed by atoms with E-state index in [-0.39, 0.29) is 18.7 Å². The summed E-state index contributed by atoms with van der Waals surface area (Å²) in [7, 11) is -4.06. The van der Waals surface area contributed by atoms with E-state index in [1.807, 2.05) is 11.4 Å². The first kappa shape index (κ1) is 18.0. The van der Waals surface area contributed by atoms with Gasteiger partial charge in [0, 0.05) is 32.7 Å². The van der Waals surface area contributed by atoms with Crippen LogP contribution in [0.5, 0.6) is 0 Å². The molecule has 1 fully saturated rings. The molecule has 1 aliphatic heterocycles. The fraction of sp³-hybridized carbons (Fsp3) is 0.312. The Bertz CT molecular complexity index is 860. The summed E-state index contributed by atoms with van der Waals surface area (Å²) in [5.74, 6) is -2.23. The van der Waals surface area contributed by atoms with Gasteiger partial charge in [0.2, 0.25) is 10.0 Å². The maximum absolute atomic E-state index is 14.0. The highest BCUT2D eigenvalue weighted by Crippen LogP contribution is 2.23. The topological polar surface area (TPSA) is 77.9 Å². The van der Waals surface area contributed by atoms with Gasteiger partial charge in [0.25, 0.3) is 0 Å². The summed E-state index contributed by atoms with van der Waals surface area (Å²) in [6.07, 6.45) is 0. The van der Waals surface area contributed by atoms with Crippen LogP contribution < -0.4 is 0 Å². The standard InChI is InChI=1S/C16H17FN2O4S2/c17-14-2-1-13(16(20)21)9-15(14)25(22,23)19-6-4-18(5-7-19)10-12-3-8-24-11-12/h1-3,8-9,11H,4-7,10H2,(H,20,21). The number of aromatic carboxylic acids is 1. The number of halogens is 1. The Kier molecular flexibility index (Phi) is 5.19. The summed E-state index contributed by atoms with van der Waals surface area (Å²) in [5.41, 5.74) is 0.928. The Morgan fingerprint density at radius 3 is 2.52 bits per heavy atom. The van der Waals surface area contributed by atoms with Gasteiger partial charge in [-0.05, 0) is 40.6 Å². The van der Waals surface area contributed by atoms with E-state index in [1.165, 1.54) is 9.87 Å². The molecule has 1 aromatic carbocycles. The van der Waals surface area contributed by atoms with Crippen molar-refractivity contribution in [2.45, 2.75) is 11.4 Å². The predicted octanol–water partition coefficient (Wildman–Crippen LogP) is 2.09. The smallest absolute Gasteiger partial charge is 0.335 e. The van der Waals surface area contributed by atoms with Gasteiger partial charge in [-0.2, -0.15) is 15.6 Å². The van der Waals surface area contributed by atoms with E-state index in [2.05, 4.69) is 10.3 Å². The van der Waals surface area contributed by atoms with E-state index in [1.54, 1.807) is 11.3 Å². The SMILES string of the molecule is O=C(O)c1ccc(F)c(S(=O)(=O)N2CCN(Cc3ccsc3)CC2)c1. The lowest BCUT2D eigenvalue weighted by atomic mass is 10.2. The van der Waals surface area contributed by atoms with Crippen molar-refractivity contribution in [3.8, 4) is 0 Å². The number of hydrogen-bond acceptors (Lipinski definition) is 5. The molecule has 134 valence electrons. The van der Waals surface area contributed by atoms with Gasteiger partial charge in [0.1, 0.15) is 10.7 Å². The number of thiophene rings is 1. The van der Waals surface area contributed by atoms with Crippen LogP contribution in [0.25, 0.3) is 0 Å². The summed E-state index contributed by atoms with van der Waals surface area (Å²) in [6, 6.07) is 4.84. The van der Waals surface area contributed by atoms with Crippen molar-refractivity contribution in [1.29, 1.82) is 0 Å². The second-order valence-electron chi connectivity index (χ2n) is 5.76. The zero-order chi connectivity index (χ0) is 18.0. The summed E-state index contributed by atoms with van der Waals surface area (Å²) in [4.78, 5) is 12.6. The molecule has 3 rings (SSSR count). The summed E-state index contributed by atoms with van der Waals surface area (Å²) < 4.78 is 40.6. The van der Waals surface area contributed by atoms with Crippen LogP contribution in [0.2, 0.25) is 0 Å². The van der Waals surface area contributed by atoms with Crippen LogP contribution in [0.4, 0.5) is 4.39 Å². The minimum Gasteiger partial charge on any atom is -0.478 e. The van der Waals surface area contributed by atoms with Crippen molar-refractivity contribution < 1.29 is 22.7 Å². The van der Waals surface area contributed by atoms with Gasteiger partial charge in [-0.25, -0.2) is 17.6 Å². The number of piperazine rings is 1. The molecule has 0 unspecified atom stereocenters. The number of carbonyl (C=O) groups is 1. The Morgan fingerprint density at radius 2 is 1.92 bits per heavy atom. The van der Waals surface area contributed by atoms with Crippen LogP contribution in [-0.2, 0) is 16.6 Å². The maximum Gasteiger partial charge on any atom is 0.335 e. The van der Waals surface area contributed by atoms with Crippen LogP contribution in [0.15, 0.2) is 39.9 Å². The molecule has 0 spiro atoms. The molecule has 0 amide bonds. The Labute approximate surface area is 149 Å². The molecular formula is C16H17FN2O4S2. The molecular weight excluding hydrogens is 367 g/mol. The molecule has 0 saturated carbocycles. The van der Waals surface area contributed by atoms with E-state index >= 15 is 0 Å². The lowest BCUT2D eigenvalue weighted by Gasteiger charge is -2.33. The molecule has 6 nitrogen and oxygen atoms in total. The van der Waals surface area contributed by atoms with Crippen LogP contribution in [-0.4, -0.2) is 54.9 Å². The quantitative estimate of drug-likeness (QED) is 0.854. The average molecular weight is 384 g/mol. The van der Waals surface area contributed by atoms with Crippen molar-refractivity contribution >= 4 is 27.3 Å². The summed E-state index contributed by atoms with van der Waals surface area (Å²) in [6.45, 7) is 2.30. The largest absolute Gasteiger partial charge is 0.478 e. The van der Waals surface area contributed by atoms with Crippen molar-refractivity contribution in [3.63, 3.8) is 0 Å². The predicted molar refractivity (Wildman–Crippen MR) is 91.7 cm³/mol. The second kappa shape index (κ2) is 7.20. The number of nitrogens with zero attached hydrogens (tertiary/aromatic N) is 2. The van der Waals surface area contributed by atoms with E-state index in [4.69, 9.17) is 5.11 Å².